The molecule has 0 bridgehead atoms. The number of ether oxygens (including phenoxy) is 1. The first-order valence-corrected chi connectivity index (χ1v) is 6.76. The van der Waals surface area contributed by atoms with Crippen LogP contribution in [-0.4, -0.2) is 22.4 Å². The summed E-state index contributed by atoms with van der Waals surface area (Å²) in [6.45, 7) is 8.36. The molecule has 0 unspecified atom stereocenters. The van der Waals surface area contributed by atoms with E-state index in [-0.39, 0.29) is 11.4 Å². The molecule has 0 radical (unpaired) electrons. The van der Waals surface area contributed by atoms with Crippen LogP contribution in [0.15, 0.2) is 36.4 Å². The fourth-order valence-electron chi connectivity index (χ4n) is 1.86. The zero-order valence-electron chi connectivity index (χ0n) is 12.4. The van der Waals surface area contributed by atoms with Crippen molar-refractivity contribution in [2.45, 2.75) is 33.1 Å². The topological polar surface area (TPSA) is 44.1 Å². The first kappa shape index (κ1) is 14.3. The van der Waals surface area contributed by atoms with Gasteiger partial charge in [-0.1, -0.05) is 39.0 Å². The molecule has 0 saturated carbocycles. The first-order chi connectivity index (χ1) is 9.43. The van der Waals surface area contributed by atoms with Gasteiger partial charge in [0.2, 0.25) is 0 Å². The lowest BCUT2D eigenvalue weighted by atomic mass is 9.92. The third-order valence-electron chi connectivity index (χ3n) is 2.96. The molecule has 0 amide bonds. The average molecular weight is 272 g/mol. The Morgan fingerprint density at radius 1 is 1.25 bits per heavy atom. The molecule has 0 atom stereocenters. The lowest BCUT2D eigenvalue weighted by Gasteiger charge is -2.14. The van der Waals surface area contributed by atoms with Crippen molar-refractivity contribution in [1.29, 1.82) is 0 Å². The van der Waals surface area contributed by atoms with Crippen LogP contribution in [0.2, 0.25) is 0 Å². The third-order valence-corrected chi connectivity index (χ3v) is 2.96. The van der Waals surface area contributed by atoms with Crippen LogP contribution in [0.1, 0.15) is 43.9 Å². The molecule has 106 valence electrons. The normalized spacial score (nSPS) is 11.4. The van der Waals surface area contributed by atoms with E-state index in [9.17, 15) is 4.79 Å². The Kier molecular flexibility index (Phi) is 3.93. The Balaban J connectivity index is 2.54. The molecule has 20 heavy (non-hydrogen) atoms. The molecular formula is C16H20N2O2. The first-order valence-electron chi connectivity index (χ1n) is 6.76. The Morgan fingerprint density at radius 3 is 2.45 bits per heavy atom. The van der Waals surface area contributed by atoms with Crippen molar-refractivity contribution in [3.8, 4) is 5.69 Å². The van der Waals surface area contributed by atoms with Gasteiger partial charge in [-0.2, -0.15) is 5.10 Å². The van der Waals surface area contributed by atoms with Crippen LogP contribution in [0, 0.1) is 0 Å². The number of hydrogen-bond acceptors (Lipinski definition) is 3. The molecule has 0 aliphatic carbocycles. The van der Waals surface area contributed by atoms with Gasteiger partial charge in [0, 0.05) is 5.41 Å². The minimum Gasteiger partial charge on any atom is -0.461 e. The zero-order chi connectivity index (χ0) is 14.8. The van der Waals surface area contributed by atoms with Crippen LogP contribution in [0.5, 0.6) is 0 Å². The number of para-hydroxylation sites is 1. The second-order valence-corrected chi connectivity index (χ2v) is 5.63. The van der Waals surface area contributed by atoms with Crippen LogP contribution in [0.3, 0.4) is 0 Å². The number of benzene rings is 1. The predicted molar refractivity (Wildman–Crippen MR) is 78.2 cm³/mol. The molecule has 0 N–H and O–H groups in total. The van der Waals surface area contributed by atoms with Crippen molar-refractivity contribution in [2.24, 2.45) is 0 Å². The Bertz CT molecular complexity index is 595. The highest BCUT2D eigenvalue weighted by atomic mass is 16.5. The highest BCUT2D eigenvalue weighted by Gasteiger charge is 2.24. The van der Waals surface area contributed by atoms with E-state index in [0.29, 0.717) is 12.3 Å². The fourth-order valence-corrected chi connectivity index (χ4v) is 1.86. The Labute approximate surface area is 119 Å². The number of nitrogens with zero attached hydrogens (tertiary/aromatic N) is 2. The van der Waals surface area contributed by atoms with Crippen molar-refractivity contribution in [1.82, 2.24) is 9.78 Å². The second-order valence-electron chi connectivity index (χ2n) is 5.63. The number of rotatable bonds is 3. The van der Waals surface area contributed by atoms with Gasteiger partial charge in [-0.05, 0) is 25.1 Å². The molecule has 0 spiro atoms. The summed E-state index contributed by atoms with van der Waals surface area (Å²) in [7, 11) is 0. The van der Waals surface area contributed by atoms with Crippen molar-refractivity contribution in [2.75, 3.05) is 6.61 Å². The number of aromatic nitrogens is 2. The maximum absolute atomic E-state index is 12.1. The van der Waals surface area contributed by atoms with Crippen molar-refractivity contribution >= 4 is 5.97 Å². The summed E-state index contributed by atoms with van der Waals surface area (Å²) in [5.74, 6) is -0.348. The van der Waals surface area contributed by atoms with Crippen LogP contribution in [0.4, 0.5) is 0 Å². The van der Waals surface area contributed by atoms with Gasteiger partial charge in [0.15, 0.2) is 5.69 Å². The Hall–Kier alpha value is -2.10. The molecule has 0 saturated heterocycles. The van der Waals surface area contributed by atoms with Crippen LogP contribution in [-0.2, 0) is 10.2 Å². The summed E-state index contributed by atoms with van der Waals surface area (Å²) in [5, 5.41) is 4.57. The summed E-state index contributed by atoms with van der Waals surface area (Å²) in [5.41, 5.74) is 2.06. The number of esters is 1. The predicted octanol–water partition coefficient (Wildman–Crippen LogP) is 3.35. The highest BCUT2D eigenvalue weighted by molar-refractivity contribution is 5.88. The number of hydrogen-bond donors (Lipinski definition) is 0. The summed E-state index contributed by atoms with van der Waals surface area (Å²) >= 11 is 0. The minimum atomic E-state index is -0.348. The third kappa shape index (κ3) is 2.90. The second kappa shape index (κ2) is 5.49. The van der Waals surface area contributed by atoms with Crippen molar-refractivity contribution < 1.29 is 9.53 Å². The van der Waals surface area contributed by atoms with E-state index in [2.05, 4.69) is 25.9 Å². The molecule has 0 aliphatic rings. The van der Waals surface area contributed by atoms with Crippen LogP contribution in [0.25, 0.3) is 5.69 Å². The summed E-state index contributed by atoms with van der Waals surface area (Å²) < 4.78 is 6.77. The molecule has 4 heteroatoms. The van der Waals surface area contributed by atoms with Gasteiger partial charge in [0.05, 0.1) is 18.0 Å². The number of carbonyl (C=O) groups is 1. The van der Waals surface area contributed by atoms with E-state index in [1.807, 2.05) is 36.4 Å². The van der Waals surface area contributed by atoms with Gasteiger partial charge in [0.1, 0.15) is 0 Å². The standard InChI is InChI=1S/C16H20N2O2/c1-5-20-15(19)13-11-14(16(2,3)4)17-18(13)12-9-7-6-8-10-12/h6-11H,5H2,1-4H3. The SMILES string of the molecule is CCOC(=O)c1cc(C(C)(C)C)nn1-c1ccccc1. The van der Waals surface area contributed by atoms with E-state index in [0.717, 1.165) is 11.4 Å². The molecule has 4 nitrogen and oxygen atoms in total. The van der Waals surface area contributed by atoms with Gasteiger partial charge < -0.3 is 4.74 Å². The van der Waals surface area contributed by atoms with Gasteiger partial charge in [-0.15, -0.1) is 0 Å². The maximum Gasteiger partial charge on any atom is 0.357 e. The maximum atomic E-state index is 12.1. The molecular weight excluding hydrogens is 252 g/mol. The molecule has 1 aromatic heterocycles. The zero-order valence-corrected chi connectivity index (χ0v) is 12.4. The lowest BCUT2D eigenvalue weighted by molar-refractivity contribution is 0.0516. The molecule has 2 rings (SSSR count). The van der Waals surface area contributed by atoms with Crippen molar-refractivity contribution in [3.05, 3.63) is 47.8 Å². The molecule has 0 aliphatic heterocycles. The largest absolute Gasteiger partial charge is 0.461 e. The van der Waals surface area contributed by atoms with E-state index < -0.39 is 0 Å². The summed E-state index contributed by atoms with van der Waals surface area (Å²) in [4.78, 5) is 12.1. The van der Waals surface area contributed by atoms with E-state index in [1.165, 1.54) is 0 Å². The average Bonchev–Trinajstić information content (AvgIpc) is 2.85. The summed E-state index contributed by atoms with van der Waals surface area (Å²) in [6.07, 6.45) is 0. The van der Waals surface area contributed by atoms with Gasteiger partial charge in [-0.25, -0.2) is 9.48 Å². The lowest BCUT2D eigenvalue weighted by Crippen LogP contribution is -2.13. The van der Waals surface area contributed by atoms with Crippen LogP contribution >= 0.6 is 0 Å². The van der Waals surface area contributed by atoms with Gasteiger partial charge >= 0.3 is 5.97 Å². The minimum absolute atomic E-state index is 0.124. The van der Waals surface area contributed by atoms with Crippen LogP contribution < -0.4 is 0 Å². The fraction of sp³-hybridized carbons (Fsp3) is 0.375. The summed E-state index contributed by atoms with van der Waals surface area (Å²) in [6, 6.07) is 11.4. The molecule has 0 fully saturated rings. The molecule has 1 aromatic carbocycles. The van der Waals surface area contributed by atoms with E-state index in [4.69, 9.17) is 4.74 Å². The monoisotopic (exact) mass is 272 g/mol. The smallest absolute Gasteiger partial charge is 0.357 e. The van der Waals surface area contributed by atoms with E-state index in [1.54, 1.807) is 11.6 Å². The highest BCUT2D eigenvalue weighted by Crippen LogP contribution is 2.24. The Morgan fingerprint density at radius 2 is 1.90 bits per heavy atom. The van der Waals surface area contributed by atoms with E-state index >= 15 is 0 Å². The van der Waals surface area contributed by atoms with Gasteiger partial charge in [0.25, 0.3) is 0 Å². The quantitative estimate of drug-likeness (QED) is 0.805. The van der Waals surface area contributed by atoms with Gasteiger partial charge in [-0.3, -0.25) is 0 Å². The molecule has 2 aromatic rings. The number of carbonyl (C=O) groups excluding carboxylic acids is 1. The van der Waals surface area contributed by atoms with Crippen molar-refractivity contribution in [3.63, 3.8) is 0 Å². The molecule has 1 heterocycles.